The first-order valence-electron chi connectivity index (χ1n) is 9.49. The number of Topliss-reactive ketones (excluding diaryl/α,β-unsaturated/α-hetero) is 1. The molecule has 0 aliphatic rings. The van der Waals surface area contributed by atoms with Gasteiger partial charge in [-0.25, -0.2) is 0 Å². The van der Waals surface area contributed by atoms with E-state index in [0.29, 0.717) is 12.8 Å². The van der Waals surface area contributed by atoms with Crippen LogP contribution in [0.5, 0.6) is 5.75 Å². The zero-order chi connectivity index (χ0) is 20.5. The summed E-state index contributed by atoms with van der Waals surface area (Å²) in [6, 6.07) is 16.3. The van der Waals surface area contributed by atoms with Crippen LogP contribution in [0.25, 0.3) is 0 Å². The van der Waals surface area contributed by atoms with Gasteiger partial charge in [-0.3, -0.25) is 9.59 Å². The first-order valence-corrected chi connectivity index (χ1v) is 10.4. The van der Waals surface area contributed by atoms with Gasteiger partial charge in [-0.2, -0.15) is 0 Å². The predicted molar refractivity (Wildman–Crippen MR) is 113 cm³/mol. The van der Waals surface area contributed by atoms with Gasteiger partial charge >= 0.3 is 5.97 Å². The van der Waals surface area contributed by atoms with Crippen molar-refractivity contribution in [3.05, 3.63) is 59.7 Å². The normalized spacial score (nSPS) is 12.9. The topological polar surface area (TPSA) is 52.6 Å². The number of thioether (sulfide) groups is 1. The maximum Gasteiger partial charge on any atom is 0.316 e. The number of carbonyl (C=O) groups is 2. The Morgan fingerprint density at radius 1 is 1.00 bits per heavy atom. The van der Waals surface area contributed by atoms with Crippen LogP contribution < -0.4 is 4.74 Å². The van der Waals surface area contributed by atoms with Crippen LogP contribution in [0.1, 0.15) is 43.1 Å². The molecule has 2 unspecified atom stereocenters. The summed E-state index contributed by atoms with van der Waals surface area (Å²) in [5, 5.41) is 0.130. The highest BCUT2D eigenvalue weighted by atomic mass is 32.2. The molecular formula is C23H28O4S. The number of aryl methyl sites for hydroxylation is 1. The van der Waals surface area contributed by atoms with E-state index in [1.54, 1.807) is 25.8 Å². The van der Waals surface area contributed by atoms with Gasteiger partial charge in [0, 0.05) is 10.1 Å². The summed E-state index contributed by atoms with van der Waals surface area (Å²) in [6.07, 6.45) is 1.17. The van der Waals surface area contributed by atoms with Gasteiger partial charge in [-0.05, 0) is 63.4 Å². The summed E-state index contributed by atoms with van der Waals surface area (Å²) in [7, 11) is 1.65. The Labute approximate surface area is 171 Å². The minimum Gasteiger partial charge on any atom is -0.497 e. The number of carbonyl (C=O) groups excluding carboxylic acids is 2. The maximum atomic E-state index is 12.1. The molecule has 0 bridgehead atoms. The van der Waals surface area contributed by atoms with Gasteiger partial charge in [0.1, 0.15) is 17.5 Å². The number of ketones is 1. The van der Waals surface area contributed by atoms with Crippen LogP contribution in [0, 0.1) is 12.8 Å². The summed E-state index contributed by atoms with van der Waals surface area (Å²) in [5.74, 6) is -0.456. The minimum absolute atomic E-state index is 0.130. The smallest absolute Gasteiger partial charge is 0.316 e. The maximum absolute atomic E-state index is 12.1. The molecule has 0 fully saturated rings. The molecule has 0 radical (unpaired) electrons. The Morgan fingerprint density at radius 3 is 2.18 bits per heavy atom. The molecule has 2 atom stereocenters. The molecule has 0 amide bonds. The number of ether oxygens (including phenoxy) is 2. The monoisotopic (exact) mass is 400 g/mol. The fourth-order valence-corrected chi connectivity index (χ4v) is 4.11. The number of hydrogen-bond acceptors (Lipinski definition) is 5. The average molecular weight is 401 g/mol. The summed E-state index contributed by atoms with van der Waals surface area (Å²) >= 11 is 1.73. The minimum atomic E-state index is -0.704. The van der Waals surface area contributed by atoms with Gasteiger partial charge in [0.25, 0.3) is 0 Å². The van der Waals surface area contributed by atoms with Crippen molar-refractivity contribution in [2.45, 2.75) is 43.8 Å². The SMILES string of the molecule is CCOC(=O)C(CCC(Sc1ccc(OC)cc1)c1ccc(C)cc1)C(C)=O. The second kappa shape index (κ2) is 10.9. The zero-order valence-electron chi connectivity index (χ0n) is 16.9. The molecule has 2 aromatic carbocycles. The van der Waals surface area contributed by atoms with E-state index in [1.165, 1.54) is 18.1 Å². The highest BCUT2D eigenvalue weighted by Gasteiger charge is 2.26. The standard InChI is InChI=1S/C23H28O4S/c1-5-27-23(25)21(17(3)24)14-15-22(18-8-6-16(2)7-9-18)28-20-12-10-19(26-4)11-13-20/h6-13,21-22H,5,14-15H2,1-4H3. The fourth-order valence-electron chi connectivity index (χ4n) is 2.94. The van der Waals surface area contributed by atoms with Crippen LogP contribution in [0.4, 0.5) is 0 Å². The lowest BCUT2D eigenvalue weighted by molar-refractivity contribution is -0.151. The molecule has 0 heterocycles. The van der Waals surface area contributed by atoms with E-state index < -0.39 is 11.9 Å². The van der Waals surface area contributed by atoms with Crippen LogP contribution in [-0.2, 0) is 14.3 Å². The van der Waals surface area contributed by atoms with E-state index >= 15 is 0 Å². The number of rotatable bonds is 10. The van der Waals surface area contributed by atoms with Crippen LogP contribution in [0.15, 0.2) is 53.4 Å². The van der Waals surface area contributed by atoms with Crippen molar-refractivity contribution in [2.24, 2.45) is 5.92 Å². The lowest BCUT2D eigenvalue weighted by Crippen LogP contribution is -2.24. The molecule has 2 aromatic rings. The number of methoxy groups -OCH3 is 1. The molecule has 0 spiro atoms. The zero-order valence-corrected chi connectivity index (χ0v) is 17.8. The third-order valence-electron chi connectivity index (χ3n) is 4.57. The molecule has 0 aromatic heterocycles. The molecule has 0 aliphatic carbocycles. The molecular weight excluding hydrogens is 372 g/mol. The van der Waals surface area contributed by atoms with Crippen molar-refractivity contribution < 1.29 is 19.1 Å². The van der Waals surface area contributed by atoms with Crippen molar-refractivity contribution in [1.82, 2.24) is 0 Å². The van der Waals surface area contributed by atoms with E-state index in [-0.39, 0.29) is 17.6 Å². The van der Waals surface area contributed by atoms with Crippen molar-refractivity contribution in [3.8, 4) is 5.75 Å². The largest absolute Gasteiger partial charge is 0.497 e. The van der Waals surface area contributed by atoms with Crippen LogP contribution in [-0.4, -0.2) is 25.5 Å². The number of hydrogen-bond donors (Lipinski definition) is 0. The van der Waals surface area contributed by atoms with Gasteiger partial charge in [0.15, 0.2) is 0 Å². The van der Waals surface area contributed by atoms with Gasteiger partial charge in [-0.1, -0.05) is 29.8 Å². The van der Waals surface area contributed by atoms with Crippen LogP contribution >= 0.6 is 11.8 Å². The third-order valence-corrected chi connectivity index (χ3v) is 5.90. The van der Waals surface area contributed by atoms with E-state index in [9.17, 15) is 9.59 Å². The van der Waals surface area contributed by atoms with E-state index in [0.717, 1.165) is 10.6 Å². The second-order valence-electron chi connectivity index (χ2n) is 6.69. The number of benzene rings is 2. The quantitative estimate of drug-likeness (QED) is 0.304. The summed E-state index contributed by atoms with van der Waals surface area (Å²) in [5.41, 5.74) is 2.38. The Bertz CT molecular complexity index is 768. The fraction of sp³-hybridized carbons (Fsp3) is 0.391. The van der Waals surface area contributed by atoms with Gasteiger partial charge in [-0.15, -0.1) is 11.8 Å². The molecule has 5 heteroatoms. The Morgan fingerprint density at radius 2 is 1.64 bits per heavy atom. The van der Waals surface area contributed by atoms with E-state index in [2.05, 4.69) is 31.2 Å². The Kier molecular flexibility index (Phi) is 8.58. The van der Waals surface area contributed by atoms with Crippen LogP contribution in [0.2, 0.25) is 0 Å². The summed E-state index contributed by atoms with van der Waals surface area (Å²) in [6.45, 7) is 5.55. The Hall–Kier alpha value is -2.27. The van der Waals surface area contributed by atoms with E-state index in [4.69, 9.17) is 9.47 Å². The molecule has 2 rings (SSSR count). The number of esters is 1. The first kappa shape index (κ1) is 22.0. The van der Waals surface area contributed by atoms with E-state index in [1.807, 2.05) is 24.3 Å². The van der Waals surface area contributed by atoms with Crippen molar-refractivity contribution in [1.29, 1.82) is 0 Å². The van der Waals surface area contributed by atoms with Crippen molar-refractivity contribution >= 4 is 23.5 Å². The molecule has 0 saturated heterocycles. The molecule has 4 nitrogen and oxygen atoms in total. The van der Waals surface area contributed by atoms with Gasteiger partial charge in [0.2, 0.25) is 0 Å². The molecule has 150 valence electrons. The Balaban J connectivity index is 2.18. The molecule has 0 aliphatic heterocycles. The summed E-state index contributed by atoms with van der Waals surface area (Å²) in [4.78, 5) is 25.2. The van der Waals surface area contributed by atoms with Crippen molar-refractivity contribution in [3.63, 3.8) is 0 Å². The summed E-state index contributed by atoms with van der Waals surface area (Å²) < 4.78 is 10.3. The van der Waals surface area contributed by atoms with Crippen molar-refractivity contribution in [2.75, 3.05) is 13.7 Å². The van der Waals surface area contributed by atoms with Gasteiger partial charge < -0.3 is 9.47 Å². The molecule has 0 saturated carbocycles. The predicted octanol–water partition coefficient (Wildman–Crippen LogP) is 5.39. The molecule has 0 N–H and O–H groups in total. The first-order chi connectivity index (χ1) is 13.4. The lowest BCUT2D eigenvalue weighted by atomic mass is 9.96. The third kappa shape index (κ3) is 6.41. The second-order valence-corrected chi connectivity index (χ2v) is 7.96. The average Bonchev–Trinajstić information content (AvgIpc) is 2.68. The lowest BCUT2D eigenvalue weighted by Gasteiger charge is -2.20. The highest BCUT2D eigenvalue weighted by molar-refractivity contribution is 7.99. The van der Waals surface area contributed by atoms with Gasteiger partial charge in [0.05, 0.1) is 13.7 Å². The molecule has 28 heavy (non-hydrogen) atoms. The van der Waals surface area contributed by atoms with Crippen LogP contribution in [0.3, 0.4) is 0 Å². The highest BCUT2D eigenvalue weighted by Crippen LogP contribution is 2.40.